The molecule has 1 aromatic carbocycles. The van der Waals surface area contributed by atoms with Crippen LogP contribution >= 0.6 is 0 Å². The van der Waals surface area contributed by atoms with E-state index in [4.69, 9.17) is 9.47 Å². The largest absolute Gasteiger partial charge is 0.376 e. The smallest absolute Gasteiger partial charge is 0.258 e. The fraction of sp³-hybridized carbons (Fsp3) is 0.500. The number of ether oxygens (including phenoxy) is 2. The molecule has 1 fully saturated rings. The molecule has 0 spiro atoms. The third kappa shape index (κ3) is 2.29. The zero-order valence-electron chi connectivity index (χ0n) is 10.9. The standard InChI is InChI=1S/C14H15F2NO3/c15-10-3-4-11(16)13-9(10)2-1-5-17(13)14(18)12-8-19-6-7-20-12/h3-4,12H,1-2,5-8H2. The van der Waals surface area contributed by atoms with Gasteiger partial charge in [0.25, 0.3) is 5.91 Å². The summed E-state index contributed by atoms with van der Waals surface area (Å²) in [5.41, 5.74) is 0.316. The maximum atomic E-state index is 14.0. The lowest BCUT2D eigenvalue weighted by atomic mass is 10.00. The number of carbonyl (C=O) groups is 1. The van der Waals surface area contributed by atoms with E-state index in [2.05, 4.69) is 0 Å². The third-order valence-electron chi connectivity index (χ3n) is 3.61. The summed E-state index contributed by atoms with van der Waals surface area (Å²) in [5, 5.41) is 0. The summed E-state index contributed by atoms with van der Waals surface area (Å²) in [4.78, 5) is 13.7. The molecule has 1 atom stereocenters. The summed E-state index contributed by atoms with van der Waals surface area (Å²) >= 11 is 0. The lowest BCUT2D eigenvalue weighted by molar-refractivity contribution is -0.144. The highest BCUT2D eigenvalue weighted by Gasteiger charge is 2.33. The molecule has 4 nitrogen and oxygen atoms in total. The van der Waals surface area contributed by atoms with E-state index in [0.717, 1.165) is 12.1 Å². The molecule has 2 aliphatic rings. The van der Waals surface area contributed by atoms with Crippen molar-refractivity contribution in [1.29, 1.82) is 0 Å². The van der Waals surface area contributed by atoms with Crippen molar-refractivity contribution in [3.63, 3.8) is 0 Å². The zero-order chi connectivity index (χ0) is 14.1. The van der Waals surface area contributed by atoms with Crippen molar-refractivity contribution < 1.29 is 23.0 Å². The van der Waals surface area contributed by atoms with Gasteiger partial charge >= 0.3 is 0 Å². The fourth-order valence-corrected chi connectivity index (χ4v) is 2.66. The molecule has 1 amide bonds. The van der Waals surface area contributed by atoms with Crippen LogP contribution in [0.1, 0.15) is 12.0 Å². The van der Waals surface area contributed by atoms with E-state index in [9.17, 15) is 13.6 Å². The second-order valence-corrected chi connectivity index (χ2v) is 4.88. The molecule has 1 unspecified atom stereocenters. The molecule has 0 N–H and O–H groups in total. The molecular weight excluding hydrogens is 268 g/mol. The molecule has 20 heavy (non-hydrogen) atoms. The minimum atomic E-state index is -0.739. The zero-order valence-corrected chi connectivity index (χ0v) is 10.9. The highest BCUT2D eigenvalue weighted by atomic mass is 19.1. The van der Waals surface area contributed by atoms with Crippen molar-refractivity contribution in [2.24, 2.45) is 0 Å². The first-order valence-corrected chi connectivity index (χ1v) is 6.66. The Morgan fingerprint density at radius 2 is 2.05 bits per heavy atom. The van der Waals surface area contributed by atoms with Crippen LogP contribution in [0.5, 0.6) is 0 Å². The molecule has 2 aliphatic heterocycles. The van der Waals surface area contributed by atoms with E-state index in [1.165, 1.54) is 4.90 Å². The van der Waals surface area contributed by atoms with Gasteiger partial charge in [0.05, 0.1) is 25.5 Å². The summed E-state index contributed by atoms with van der Waals surface area (Å²) in [6, 6.07) is 2.15. The highest BCUT2D eigenvalue weighted by Crippen LogP contribution is 2.32. The molecule has 2 heterocycles. The summed E-state index contributed by atoms with van der Waals surface area (Å²) in [5.74, 6) is -1.42. The summed E-state index contributed by atoms with van der Waals surface area (Å²) in [6.45, 7) is 1.31. The molecule has 6 heteroatoms. The van der Waals surface area contributed by atoms with Gasteiger partial charge < -0.3 is 14.4 Å². The number of anilines is 1. The van der Waals surface area contributed by atoms with Gasteiger partial charge in [-0.05, 0) is 25.0 Å². The lowest BCUT2D eigenvalue weighted by Gasteiger charge is -2.33. The van der Waals surface area contributed by atoms with Gasteiger partial charge in [-0.15, -0.1) is 0 Å². The number of halogens is 2. The second-order valence-electron chi connectivity index (χ2n) is 4.88. The topological polar surface area (TPSA) is 38.8 Å². The van der Waals surface area contributed by atoms with Crippen LogP contribution in [0.25, 0.3) is 0 Å². The number of carbonyl (C=O) groups excluding carboxylic acids is 1. The lowest BCUT2D eigenvalue weighted by Crippen LogP contribution is -2.47. The van der Waals surface area contributed by atoms with Crippen LogP contribution in [0.4, 0.5) is 14.5 Å². The van der Waals surface area contributed by atoms with Gasteiger partial charge in [0, 0.05) is 12.1 Å². The fourth-order valence-electron chi connectivity index (χ4n) is 2.66. The Kier molecular flexibility index (Phi) is 3.67. The Bertz CT molecular complexity index is 529. The minimum absolute atomic E-state index is 0.0513. The maximum Gasteiger partial charge on any atom is 0.258 e. The summed E-state index contributed by atoms with van der Waals surface area (Å²) in [6.07, 6.45) is 0.301. The average molecular weight is 283 g/mol. The van der Waals surface area contributed by atoms with Crippen molar-refractivity contribution in [3.8, 4) is 0 Å². The van der Waals surface area contributed by atoms with Crippen LogP contribution in [0.2, 0.25) is 0 Å². The van der Waals surface area contributed by atoms with Crippen molar-refractivity contribution in [2.75, 3.05) is 31.3 Å². The molecule has 0 aromatic heterocycles. The summed E-state index contributed by atoms with van der Waals surface area (Å²) in [7, 11) is 0. The number of rotatable bonds is 1. The van der Waals surface area contributed by atoms with Crippen molar-refractivity contribution >= 4 is 11.6 Å². The number of nitrogens with zero attached hydrogens (tertiary/aromatic N) is 1. The Morgan fingerprint density at radius 1 is 1.25 bits per heavy atom. The molecule has 3 rings (SSSR count). The van der Waals surface area contributed by atoms with E-state index in [-0.39, 0.29) is 23.8 Å². The van der Waals surface area contributed by atoms with Crippen molar-refractivity contribution in [3.05, 3.63) is 29.3 Å². The van der Waals surface area contributed by atoms with E-state index < -0.39 is 17.7 Å². The monoisotopic (exact) mass is 283 g/mol. The number of hydrogen-bond acceptors (Lipinski definition) is 3. The first-order chi connectivity index (χ1) is 9.68. The van der Waals surface area contributed by atoms with Crippen LogP contribution in [0, 0.1) is 11.6 Å². The van der Waals surface area contributed by atoms with Crippen molar-refractivity contribution in [1.82, 2.24) is 0 Å². The molecule has 0 aliphatic carbocycles. The van der Waals surface area contributed by atoms with Gasteiger partial charge in [-0.1, -0.05) is 0 Å². The van der Waals surface area contributed by atoms with E-state index in [1.54, 1.807) is 0 Å². The highest BCUT2D eigenvalue weighted by molar-refractivity contribution is 5.98. The van der Waals surface area contributed by atoms with Crippen LogP contribution in [0.3, 0.4) is 0 Å². The van der Waals surface area contributed by atoms with Crippen LogP contribution in [-0.4, -0.2) is 38.4 Å². The van der Waals surface area contributed by atoms with E-state index in [0.29, 0.717) is 32.6 Å². The van der Waals surface area contributed by atoms with Gasteiger partial charge in [-0.25, -0.2) is 8.78 Å². The molecular formula is C14H15F2NO3. The Morgan fingerprint density at radius 3 is 2.80 bits per heavy atom. The SMILES string of the molecule is O=C(C1COCCO1)N1CCCc2c(F)ccc(F)c21. The van der Waals surface area contributed by atoms with Crippen molar-refractivity contribution in [2.45, 2.75) is 18.9 Å². The van der Waals surface area contributed by atoms with Gasteiger partial charge in [0.15, 0.2) is 6.10 Å². The van der Waals surface area contributed by atoms with Gasteiger partial charge in [0.1, 0.15) is 11.6 Å². The number of amides is 1. The quantitative estimate of drug-likeness (QED) is 0.787. The van der Waals surface area contributed by atoms with Gasteiger partial charge in [-0.3, -0.25) is 4.79 Å². The molecule has 0 bridgehead atoms. The van der Waals surface area contributed by atoms with Crippen LogP contribution in [-0.2, 0) is 20.7 Å². The van der Waals surface area contributed by atoms with Crippen LogP contribution < -0.4 is 4.90 Å². The maximum absolute atomic E-state index is 14.0. The number of hydrogen-bond donors (Lipinski definition) is 0. The van der Waals surface area contributed by atoms with E-state index >= 15 is 0 Å². The summed E-state index contributed by atoms with van der Waals surface area (Å²) < 4.78 is 38.3. The van der Waals surface area contributed by atoms with Crippen LogP contribution in [0.15, 0.2) is 12.1 Å². The second kappa shape index (κ2) is 5.46. The first kappa shape index (κ1) is 13.5. The third-order valence-corrected chi connectivity index (χ3v) is 3.61. The normalized spacial score (nSPS) is 22.5. The Balaban J connectivity index is 1.93. The van der Waals surface area contributed by atoms with E-state index in [1.807, 2.05) is 0 Å². The predicted octanol–water partition coefficient (Wildman–Crippen LogP) is 1.66. The number of benzene rings is 1. The molecule has 1 aromatic rings. The Hall–Kier alpha value is -1.53. The van der Waals surface area contributed by atoms with Gasteiger partial charge in [0.2, 0.25) is 0 Å². The average Bonchev–Trinajstić information content (AvgIpc) is 2.51. The molecule has 108 valence electrons. The molecule has 0 radical (unpaired) electrons. The minimum Gasteiger partial charge on any atom is -0.376 e. The number of fused-ring (bicyclic) bond motifs is 1. The molecule has 0 saturated carbocycles. The first-order valence-electron chi connectivity index (χ1n) is 6.66. The predicted molar refractivity (Wildman–Crippen MR) is 67.6 cm³/mol. The van der Waals surface area contributed by atoms with Gasteiger partial charge in [-0.2, -0.15) is 0 Å². The Labute approximate surface area is 115 Å². The molecule has 1 saturated heterocycles.